The van der Waals surface area contributed by atoms with E-state index in [0.29, 0.717) is 17.4 Å². The molecular weight excluding hydrogens is 364 g/mol. The normalized spacial score (nSPS) is 10.6. The lowest BCUT2D eigenvalue weighted by Crippen LogP contribution is -2.29. The van der Waals surface area contributed by atoms with Gasteiger partial charge >= 0.3 is 0 Å². The van der Waals surface area contributed by atoms with E-state index >= 15 is 0 Å². The van der Waals surface area contributed by atoms with Crippen LogP contribution in [0.3, 0.4) is 0 Å². The first-order valence-electron chi connectivity index (χ1n) is 9.17. The van der Waals surface area contributed by atoms with E-state index in [4.69, 9.17) is 9.84 Å². The molecule has 4 aromatic rings. The number of para-hydroxylation sites is 1. The predicted octanol–water partition coefficient (Wildman–Crippen LogP) is 4.22. The maximum absolute atomic E-state index is 13.4. The maximum atomic E-state index is 13.4. The fourth-order valence-corrected chi connectivity index (χ4v) is 3.03. The van der Waals surface area contributed by atoms with Crippen molar-refractivity contribution in [1.29, 1.82) is 0 Å². The minimum Gasteiger partial charge on any atom is -0.481 e. The molecule has 0 radical (unpaired) electrons. The molecule has 0 saturated heterocycles. The van der Waals surface area contributed by atoms with E-state index in [2.05, 4.69) is 4.98 Å². The molecule has 0 aliphatic carbocycles. The standard InChI is InChI=1S/C23H20N4O2/c1-26(21-14-9-15-22(24-21)29-2)23(28)20-16-19(17-10-5-3-6-11-17)25-27(20)18-12-7-4-8-13-18/h3-16H,1-2H3. The molecule has 0 N–H and O–H groups in total. The Hall–Kier alpha value is -3.93. The molecule has 0 bridgehead atoms. The van der Waals surface area contributed by atoms with Crippen molar-refractivity contribution in [3.05, 3.63) is 90.6 Å². The van der Waals surface area contributed by atoms with E-state index in [1.807, 2.05) is 60.7 Å². The van der Waals surface area contributed by atoms with Crippen LogP contribution < -0.4 is 9.64 Å². The van der Waals surface area contributed by atoms with Gasteiger partial charge in [0.05, 0.1) is 18.5 Å². The smallest absolute Gasteiger partial charge is 0.277 e. The quantitative estimate of drug-likeness (QED) is 0.517. The summed E-state index contributed by atoms with van der Waals surface area (Å²) in [5.41, 5.74) is 2.93. The molecule has 144 valence electrons. The highest BCUT2D eigenvalue weighted by Gasteiger charge is 2.22. The van der Waals surface area contributed by atoms with E-state index in [9.17, 15) is 4.79 Å². The summed E-state index contributed by atoms with van der Waals surface area (Å²) >= 11 is 0. The Morgan fingerprint density at radius 2 is 1.62 bits per heavy atom. The zero-order chi connectivity index (χ0) is 20.2. The Bertz CT molecular complexity index is 1120. The van der Waals surface area contributed by atoms with Gasteiger partial charge in [-0.05, 0) is 24.3 Å². The van der Waals surface area contributed by atoms with Gasteiger partial charge in [-0.3, -0.25) is 9.69 Å². The first-order chi connectivity index (χ1) is 14.2. The summed E-state index contributed by atoms with van der Waals surface area (Å²) in [6.07, 6.45) is 0. The van der Waals surface area contributed by atoms with Crippen LogP contribution in [0.4, 0.5) is 5.82 Å². The highest BCUT2D eigenvalue weighted by Crippen LogP contribution is 2.24. The van der Waals surface area contributed by atoms with Crippen LogP contribution >= 0.6 is 0 Å². The molecule has 0 aliphatic heterocycles. The van der Waals surface area contributed by atoms with E-state index in [0.717, 1.165) is 16.9 Å². The molecule has 0 atom stereocenters. The SMILES string of the molecule is COc1cccc(N(C)C(=O)c2cc(-c3ccccc3)nn2-c2ccccc2)n1. The summed E-state index contributed by atoms with van der Waals surface area (Å²) < 4.78 is 6.85. The largest absolute Gasteiger partial charge is 0.481 e. The number of methoxy groups -OCH3 is 1. The lowest BCUT2D eigenvalue weighted by molar-refractivity contribution is 0.0985. The fourth-order valence-electron chi connectivity index (χ4n) is 3.03. The van der Waals surface area contributed by atoms with Crippen molar-refractivity contribution in [2.24, 2.45) is 0 Å². The van der Waals surface area contributed by atoms with Crippen LogP contribution in [0.2, 0.25) is 0 Å². The minimum absolute atomic E-state index is 0.218. The molecule has 2 aromatic carbocycles. The Balaban J connectivity index is 1.79. The van der Waals surface area contributed by atoms with E-state index < -0.39 is 0 Å². The number of aromatic nitrogens is 3. The number of carbonyl (C=O) groups excluding carboxylic acids is 1. The molecular formula is C23H20N4O2. The number of carbonyl (C=O) groups is 1. The first kappa shape index (κ1) is 18.4. The summed E-state index contributed by atoms with van der Waals surface area (Å²) in [5.74, 6) is 0.726. The van der Waals surface area contributed by atoms with Gasteiger partial charge < -0.3 is 4.74 Å². The van der Waals surface area contributed by atoms with Crippen molar-refractivity contribution < 1.29 is 9.53 Å². The summed E-state index contributed by atoms with van der Waals surface area (Å²) in [6, 6.07) is 26.5. The van der Waals surface area contributed by atoms with E-state index in [1.165, 1.54) is 4.90 Å². The first-order valence-corrected chi connectivity index (χ1v) is 9.17. The van der Waals surface area contributed by atoms with Crippen LogP contribution in [0.15, 0.2) is 84.9 Å². The van der Waals surface area contributed by atoms with Crippen molar-refractivity contribution in [1.82, 2.24) is 14.8 Å². The zero-order valence-corrected chi connectivity index (χ0v) is 16.2. The molecule has 0 spiro atoms. The van der Waals surface area contributed by atoms with Crippen LogP contribution in [0.25, 0.3) is 16.9 Å². The van der Waals surface area contributed by atoms with Crippen LogP contribution in [0, 0.1) is 0 Å². The van der Waals surface area contributed by atoms with Gasteiger partial charge in [0.1, 0.15) is 11.5 Å². The molecule has 0 aliphatic rings. The van der Waals surface area contributed by atoms with Gasteiger partial charge in [0.2, 0.25) is 5.88 Å². The molecule has 1 amide bonds. The number of amides is 1. The van der Waals surface area contributed by atoms with Crippen molar-refractivity contribution in [3.8, 4) is 22.8 Å². The molecule has 4 rings (SSSR count). The monoisotopic (exact) mass is 384 g/mol. The van der Waals surface area contributed by atoms with Gasteiger partial charge in [-0.1, -0.05) is 54.6 Å². The summed E-state index contributed by atoms with van der Waals surface area (Å²) in [6.45, 7) is 0. The maximum Gasteiger partial charge on any atom is 0.277 e. The van der Waals surface area contributed by atoms with Crippen molar-refractivity contribution in [3.63, 3.8) is 0 Å². The average Bonchev–Trinajstić information content (AvgIpc) is 3.25. The summed E-state index contributed by atoms with van der Waals surface area (Å²) in [7, 11) is 3.24. The van der Waals surface area contributed by atoms with E-state index in [-0.39, 0.29) is 5.91 Å². The Morgan fingerprint density at radius 3 is 2.31 bits per heavy atom. The van der Waals surface area contributed by atoms with Crippen LogP contribution in [-0.4, -0.2) is 34.8 Å². The van der Waals surface area contributed by atoms with Crippen molar-refractivity contribution in [2.75, 3.05) is 19.1 Å². The summed E-state index contributed by atoms with van der Waals surface area (Å²) in [4.78, 5) is 19.2. The number of hydrogen-bond donors (Lipinski definition) is 0. The molecule has 2 aromatic heterocycles. The molecule has 29 heavy (non-hydrogen) atoms. The lowest BCUT2D eigenvalue weighted by Gasteiger charge is -2.17. The Kier molecular flexibility index (Phi) is 5.07. The average molecular weight is 384 g/mol. The van der Waals surface area contributed by atoms with Gasteiger partial charge in [0.15, 0.2) is 0 Å². The molecule has 0 fully saturated rings. The van der Waals surface area contributed by atoms with Crippen LogP contribution in [-0.2, 0) is 0 Å². The lowest BCUT2D eigenvalue weighted by atomic mass is 10.1. The third-order valence-corrected chi connectivity index (χ3v) is 4.57. The topological polar surface area (TPSA) is 60.2 Å². The van der Waals surface area contributed by atoms with Gasteiger partial charge in [-0.2, -0.15) is 10.1 Å². The highest BCUT2D eigenvalue weighted by molar-refractivity contribution is 6.05. The molecule has 6 nitrogen and oxygen atoms in total. The van der Waals surface area contributed by atoms with Gasteiger partial charge in [-0.15, -0.1) is 0 Å². The van der Waals surface area contributed by atoms with Gasteiger partial charge in [-0.25, -0.2) is 4.68 Å². The number of benzene rings is 2. The Labute approximate surface area is 169 Å². The number of anilines is 1. The molecule has 0 unspecified atom stereocenters. The number of hydrogen-bond acceptors (Lipinski definition) is 4. The second-order valence-electron chi connectivity index (χ2n) is 6.43. The second-order valence-corrected chi connectivity index (χ2v) is 6.43. The van der Waals surface area contributed by atoms with Gasteiger partial charge in [0.25, 0.3) is 5.91 Å². The fraction of sp³-hybridized carbons (Fsp3) is 0.0870. The van der Waals surface area contributed by atoms with Crippen molar-refractivity contribution in [2.45, 2.75) is 0 Å². The van der Waals surface area contributed by atoms with Crippen LogP contribution in [0.1, 0.15) is 10.5 Å². The summed E-state index contributed by atoms with van der Waals surface area (Å²) in [5, 5.41) is 4.71. The number of ether oxygens (including phenoxy) is 1. The Morgan fingerprint density at radius 1 is 0.931 bits per heavy atom. The number of rotatable bonds is 5. The van der Waals surface area contributed by atoms with Gasteiger partial charge in [0, 0.05) is 18.7 Å². The predicted molar refractivity (Wildman–Crippen MR) is 113 cm³/mol. The highest BCUT2D eigenvalue weighted by atomic mass is 16.5. The third kappa shape index (κ3) is 3.73. The second kappa shape index (κ2) is 7.98. The molecule has 0 saturated carbocycles. The van der Waals surface area contributed by atoms with Crippen molar-refractivity contribution >= 4 is 11.7 Å². The molecule has 2 heterocycles. The van der Waals surface area contributed by atoms with Crippen LogP contribution in [0.5, 0.6) is 5.88 Å². The molecule has 6 heteroatoms. The number of pyridine rings is 1. The number of nitrogens with zero attached hydrogens (tertiary/aromatic N) is 4. The van der Waals surface area contributed by atoms with E-state index in [1.54, 1.807) is 43.1 Å². The minimum atomic E-state index is -0.218. The zero-order valence-electron chi connectivity index (χ0n) is 16.2. The third-order valence-electron chi connectivity index (χ3n) is 4.57.